The molecule has 0 aromatic carbocycles. The second-order valence-corrected chi connectivity index (χ2v) is 6.03. The lowest BCUT2D eigenvalue weighted by atomic mass is 10.0. The van der Waals surface area contributed by atoms with E-state index in [0.717, 1.165) is 12.8 Å². The van der Waals surface area contributed by atoms with Gasteiger partial charge in [0, 0.05) is 13.1 Å². The van der Waals surface area contributed by atoms with E-state index in [2.05, 4.69) is 10.6 Å². The van der Waals surface area contributed by atoms with E-state index in [9.17, 15) is 14.7 Å². The van der Waals surface area contributed by atoms with E-state index >= 15 is 0 Å². The van der Waals surface area contributed by atoms with Crippen LogP contribution in [0.5, 0.6) is 0 Å². The van der Waals surface area contributed by atoms with E-state index in [1.54, 1.807) is 6.07 Å². The first kappa shape index (κ1) is 15.0. The van der Waals surface area contributed by atoms with Crippen molar-refractivity contribution in [1.29, 1.82) is 0 Å². The van der Waals surface area contributed by atoms with E-state index in [4.69, 9.17) is 0 Å². The summed E-state index contributed by atoms with van der Waals surface area (Å²) in [5.74, 6) is -0.361. The largest absolute Gasteiger partial charge is 0.380 e. The third-order valence-corrected chi connectivity index (χ3v) is 4.39. The molecule has 0 saturated heterocycles. The molecule has 1 aliphatic rings. The van der Waals surface area contributed by atoms with Crippen molar-refractivity contribution in [1.82, 2.24) is 10.6 Å². The summed E-state index contributed by atoms with van der Waals surface area (Å²) in [5.41, 5.74) is -1.17. The molecule has 0 atom stereocenters. The molecular formula is C14H20N2O3S. The normalized spacial score (nSPS) is 16.9. The van der Waals surface area contributed by atoms with Gasteiger partial charge in [0.25, 0.3) is 11.8 Å². The molecule has 1 aliphatic carbocycles. The molecular weight excluding hydrogens is 276 g/mol. The van der Waals surface area contributed by atoms with Gasteiger partial charge < -0.3 is 15.7 Å². The van der Waals surface area contributed by atoms with Gasteiger partial charge in [-0.1, -0.05) is 6.07 Å². The fraction of sp³-hybridized carbons (Fsp3) is 0.571. The molecule has 1 heterocycles. The predicted molar refractivity (Wildman–Crippen MR) is 77.7 cm³/mol. The third-order valence-electron chi connectivity index (χ3n) is 3.52. The Morgan fingerprint density at radius 2 is 1.95 bits per heavy atom. The molecule has 1 aromatic heterocycles. The van der Waals surface area contributed by atoms with Gasteiger partial charge in [0.05, 0.1) is 4.88 Å². The quantitative estimate of drug-likeness (QED) is 0.692. The summed E-state index contributed by atoms with van der Waals surface area (Å²) in [4.78, 5) is 24.1. The first-order valence-electron chi connectivity index (χ1n) is 6.94. The maximum atomic E-state index is 11.8. The van der Waals surface area contributed by atoms with Crippen LogP contribution in [0.15, 0.2) is 17.5 Å². The number of rotatable bonds is 6. The molecule has 0 bridgehead atoms. The van der Waals surface area contributed by atoms with E-state index in [1.807, 2.05) is 11.4 Å². The standard InChI is InChI=1S/C14H20N2O3S/c17-12(11-5-3-10-20-11)15-8-4-9-16-13(18)14(19)6-1-2-7-14/h3,5,10,19H,1-2,4,6-9H2,(H,15,17)(H,16,18). The summed E-state index contributed by atoms with van der Waals surface area (Å²) in [6, 6.07) is 3.61. The van der Waals surface area contributed by atoms with E-state index in [-0.39, 0.29) is 11.8 Å². The minimum atomic E-state index is -1.17. The van der Waals surface area contributed by atoms with Crippen LogP contribution in [0.2, 0.25) is 0 Å². The number of aliphatic hydroxyl groups is 1. The number of hydrogen-bond donors (Lipinski definition) is 3. The van der Waals surface area contributed by atoms with E-state index < -0.39 is 5.60 Å². The molecule has 5 nitrogen and oxygen atoms in total. The third kappa shape index (κ3) is 3.80. The van der Waals surface area contributed by atoms with E-state index in [1.165, 1.54) is 11.3 Å². The van der Waals surface area contributed by atoms with Gasteiger partial charge in [-0.05, 0) is 43.6 Å². The Morgan fingerprint density at radius 1 is 1.25 bits per heavy atom. The van der Waals surface area contributed by atoms with Gasteiger partial charge in [0.1, 0.15) is 5.60 Å². The number of carbonyl (C=O) groups is 2. The molecule has 3 N–H and O–H groups in total. The molecule has 0 spiro atoms. The second-order valence-electron chi connectivity index (χ2n) is 5.08. The second kappa shape index (κ2) is 6.85. The van der Waals surface area contributed by atoms with Crippen LogP contribution in [0.4, 0.5) is 0 Å². The molecule has 6 heteroatoms. The highest BCUT2D eigenvalue weighted by atomic mass is 32.1. The van der Waals surface area contributed by atoms with Gasteiger partial charge in [0.15, 0.2) is 0 Å². The number of amides is 2. The van der Waals surface area contributed by atoms with Crippen LogP contribution >= 0.6 is 11.3 Å². The molecule has 20 heavy (non-hydrogen) atoms. The first-order valence-corrected chi connectivity index (χ1v) is 7.82. The highest BCUT2D eigenvalue weighted by Gasteiger charge is 2.38. The summed E-state index contributed by atoms with van der Waals surface area (Å²) in [5, 5.41) is 17.4. The van der Waals surface area contributed by atoms with Gasteiger partial charge in [-0.3, -0.25) is 9.59 Å². The molecule has 0 unspecified atom stereocenters. The lowest BCUT2D eigenvalue weighted by molar-refractivity contribution is -0.139. The van der Waals surface area contributed by atoms with Crippen LogP contribution in [0.1, 0.15) is 41.8 Å². The highest BCUT2D eigenvalue weighted by Crippen LogP contribution is 2.29. The Hall–Kier alpha value is -1.40. The van der Waals surface area contributed by atoms with Gasteiger partial charge in [0.2, 0.25) is 0 Å². The Bertz CT molecular complexity index is 453. The Kier molecular flexibility index (Phi) is 5.14. The van der Waals surface area contributed by atoms with Gasteiger partial charge in [-0.25, -0.2) is 0 Å². The van der Waals surface area contributed by atoms with E-state index in [0.29, 0.717) is 37.2 Å². The summed E-state index contributed by atoms with van der Waals surface area (Å²) in [6.45, 7) is 0.974. The monoisotopic (exact) mass is 296 g/mol. The summed E-state index contributed by atoms with van der Waals surface area (Å²) >= 11 is 1.40. The van der Waals surface area contributed by atoms with Crippen molar-refractivity contribution in [2.24, 2.45) is 0 Å². The number of thiophene rings is 1. The van der Waals surface area contributed by atoms with Crippen molar-refractivity contribution in [3.63, 3.8) is 0 Å². The summed E-state index contributed by atoms with van der Waals surface area (Å²) in [6.07, 6.45) is 3.56. The van der Waals surface area contributed by atoms with Gasteiger partial charge in [-0.2, -0.15) is 0 Å². The van der Waals surface area contributed by atoms with Crippen molar-refractivity contribution in [2.45, 2.75) is 37.7 Å². The van der Waals surface area contributed by atoms with Crippen LogP contribution in [-0.2, 0) is 4.79 Å². The fourth-order valence-electron chi connectivity index (χ4n) is 2.34. The summed E-state index contributed by atoms with van der Waals surface area (Å²) < 4.78 is 0. The minimum Gasteiger partial charge on any atom is -0.380 e. The molecule has 110 valence electrons. The molecule has 2 amide bonds. The molecule has 1 aromatic rings. The SMILES string of the molecule is O=C(NCCCNC(=O)C1(O)CCCC1)c1cccs1. The number of carbonyl (C=O) groups excluding carboxylic acids is 2. The Morgan fingerprint density at radius 3 is 2.60 bits per heavy atom. The van der Waals surface area contributed by atoms with Crippen LogP contribution < -0.4 is 10.6 Å². The molecule has 1 saturated carbocycles. The molecule has 0 radical (unpaired) electrons. The minimum absolute atomic E-state index is 0.0826. The van der Waals surface area contributed by atoms with Crippen molar-refractivity contribution < 1.29 is 14.7 Å². The average molecular weight is 296 g/mol. The van der Waals surface area contributed by atoms with Crippen molar-refractivity contribution in [3.8, 4) is 0 Å². The Labute approximate surface area is 122 Å². The molecule has 0 aliphatic heterocycles. The number of nitrogens with one attached hydrogen (secondary N) is 2. The van der Waals surface area contributed by atoms with Gasteiger partial charge in [-0.15, -0.1) is 11.3 Å². The fourth-order valence-corrected chi connectivity index (χ4v) is 2.98. The maximum absolute atomic E-state index is 11.8. The Balaban J connectivity index is 1.60. The van der Waals surface area contributed by atoms with Crippen molar-refractivity contribution >= 4 is 23.2 Å². The lowest BCUT2D eigenvalue weighted by Crippen LogP contribution is -2.45. The zero-order chi connectivity index (χ0) is 14.4. The zero-order valence-corrected chi connectivity index (χ0v) is 12.2. The highest BCUT2D eigenvalue weighted by molar-refractivity contribution is 7.12. The zero-order valence-electron chi connectivity index (χ0n) is 11.4. The van der Waals surface area contributed by atoms with Crippen LogP contribution in [0.25, 0.3) is 0 Å². The van der Waals surface area contributed by atoms with Crippen LogP contribution in [-0.4, -0.2) is 35.6 Å². The first-order chi connectivity index (χ1) is 9.62. The van der Waals surface area contributed by atoms with Crippen molar-refractivity contribution in [3.05, 3.63) is 22.4 Å². The number of hydrogen-bond acceptors (Lipinski definition) is 4. The van der Waals surface area contributed by atoms with Crippen LogP contribution in [0, 0.1) is 0 Å². The average Bonchev–Trinajstić information content (AvgIpc) is 3.09. The van der Waals surface area contributed by atoms with Crippen molar-refractivity contribution in [2.75, 3.05) is 13.1 Å². The lowest BCUT2D eigenvalue weighted by Gasteiger charge is -2.20. The predicted octanol–water partition coefficient (Wildman–Crippen LogP) is 1.29. The summed E-state index contributed by atoms with van der Waals surface area (Å²) in [7, 11) is 0. The van der Waals surface area contributed by atoms with Crippen LogP contribution in [0.3, 0.4) is 0 Å². The molecule has 1 fully saturated rings. The topological polar surface area (TPSA) is 78.4 Å². The smallest absolute Gasteiger partial charge is 0.261 e. The van der Waals surface area contributed by atoms with Gasteiger partial charge >= 0.3 is 0 Å². The molecule has 2 rings (SSSR count). The maximum Gasteiger partial charge on any atom is 0.261 e.